The van der Waals surface area contributed by atoms with Crippen molar-refractivity contribution < 1.29 is 14.0 Å². The van der Waals surface area contributed by atoms with Gasteiger partial charge in [-0.15, -0.1) is 0 Å². The number of benzene rings is 1. The van der Waals surface area contributed by atoms with Gasteiger partial charge in [0.25, 0.3) is 5.91 Å². The summed E-state index contributed by atoms with van der Waals surface area (Å²) in [6.07, 6.45) is 8.29. The quantitative estimate of drug-likeness (QED) is 0.556. The number of carbonyl (C=O) groups is 2. The zero-order valence-corrected chi connectivity index (χ0v) is 19.0. The van der Waals surface area contributed by atoms with Crippen LogP contribution in [-0.2, 0) is 17.9 Å². The molecule has 3 aromatic rings. The molecule has 1 atom stereocenters. The molecule has 2 aromatic heterocycles. The Bertz CT molecular complexity index is 1160. The van der Waals surface area contributed by atoms with E-state index in [1.165, 1.54) is 12.8 Å². The lowest BCUT2D eigenvalue weighted by Crippen LogP contribution is -2.64. The molecule has 1 fully saturated rings. The molecule has 6 nitrogen and oxygen atoms in total. The minimum atomic E-state index is -1.04. The zero-order chi connectivity index (χ0) is 22.3. The van der Waals surface area contributed by atoms with Crippen molar-refractivity contribution in [3.05, 3.63) is 58.9 Å². The summed E-state index contributed by atoms with van der Waals surface area (Å²) in [5, 5.41) is 3.89. The van der Waals surface area contributed by atoms with E-state index in [4.69, 9.17) is 16.0 Å². The first kappa shape index (κ1) is 21.1. The second kappa shape index (κ2) is 8.32. The van der Waals surface area contributed by atoms with E-state index in [2.05, 4.69) is 5.32 Å². The number of hydrogen-bond donors (Lipinski definition) is 1. The van der Waals surface area contributed by atoms with Gasteiger partial charge in [0.05, 0.1) is 18.3 Å². The zero-order valence-electron chi connectivity index (χ0n) is 18.3. The third-order valence-corrected chi connectivity index (χ3v) is 7.19. The van der Waals surface area contributed by atoms with Crippen molar-refractivity contribution in [1.29, 1.82) is 0 Å². The van der Waals surface area contributed by atoms with Crippen molar-refractivity contribution >= 4 is 34.5 Å². The van der Waals surface area contributed by atoms with Crippen LogP contribution in [0.1, 0.15) is 61.5 Å². The van der Waals surface area contributed by atoms with Gasteiger partial charge >= 0.3 is 0 Å². The lowest BCUT2D eigenvalue weighted by atomic mass is 9.93. The molecule has 0 saturated heterocycles. The fourth-order valence-corrected chi connectivity index (χ4v) is 5.32. The van der Waals surface area contributed by atoms with Crippen LogP contribution in [0, 0.1) is 0 Å². The number of amides is 2. The maximum absolute atomic E-state index is 13.8. The molecule has 3 heterocycles. The highest BCUT2D eigenvalue weighted by Crippen LogP contribution is 2.34. The molecule has 5 rings (SSSR count). The van der Waals surface area contributed by atoms with E-state index >= 15 is 0 Å². The van der Waals surface area contributed by atoms with E-state index in [9.17, 15) is 9.59 Å². The average molecular weight is 454 g/mol. The molecule has 0 radical (unpaired) electrons. The molecule has 7 heteroatoms. The second-order valence-electron chi connectivity index (χ2n) is 9.24. The van der Waals surface area contributed by atoms with E-state index in [1.54, 1.807) is 23.3 Å². The van der Waals surface area contributed by atoms with Crippen molar-refractivity contribution in [2.24, 2.45) is 0 Å². The van der Waals surface area contributed by atoms with Gasteiger partial charge in [0.1, 0.15) is 11.2 Å². The highest BCUT2D eigenvalue weighted by molar-refractivity contribution is 6.30. The van der Waals surface area contributed by atoms with Gasteiger partial charge in [0.15, 0.2) is 5.58 Å². The van der Waals surface area contributed by atoms with Crippen LogP contribution in [-0.4, -0.2) is 32.9 Å². The van der Waals surface area contributed by atoms with E-state index in [-0.39, 0.29) is 17.9 Å². The molecule has 1 aliphatic heterocycles. The van der Waals surface area contributed by atoms with Crippen molar-refractivity contribution in [2.45, 2.75) is 70.1 Å². The van der Waals surface area contributed by atoms with Crippen molar-refractivity contribution in [1.82, 2.24) is 14.8 Å². The Morgan fingerprint density at radius 3 is 2.72 bits per heavy atom. The van der Waals surface area contributed by atoms with Crippen LogP contribution in [0.2, 0.25) is 5.02 Å². The number of nitrogens with one attached hydrogen (secondary N) is 1. The van der Waals surface area contributed by atoms with Crippen LogP contribution in [0.4, 0.5) is 0 Å². The van der Waals surface area contributed by atoms with Gasteiger partial charge in [-0.2, -0.15) is 0 Å². The predicted molar refractivity (Wildman–Crippen MR) is 124 cm³/mol. The fourth-order valence-electron chi connectivity index (χ4n) is 5.10. The van der Waals surface area contributed by atoms with Gasteiger partial charge in [-0.3, -0.25) is 9.59 Å². The largest absolute Gasteiger partial charge is 0.463 e. The number of rotatable bonds is 4. The maximum atomic E-state index is 13.8. The average Bonchev–Trinajstić information content (AvgIpc) is 3.26. The first-order valence-electron chi connectivity index (χ1n) is 11.4. The van der Waals surface area contributed by atoms with E-state index in [0.717, 1.165) is 36.8 Å². The van der Waals surface area contributed by atoms with E-state index in [0.29, 0.717) is 29.4 Å². The molecular formula is C25H28ClN3O3. The van der Waals surface area contributed by atoms with E-state index in [1.807, 2.05) is 35.8 Å². The molecular weight excluding hydrogens is 426 g/mol. The van der Waals surface area contributed by atoms with Gasteiger partial charge in [0.2, 0.25) is 5.91 Å². The first-order valence-corrected chi connectivity index (χ1v) is 11.8. The van der Waals surface area contributed by atoms with Crippen LogP contribution >= 0.6 is 11.6 Å². The molecule has 2 aliphatic rings. The van der Waals surface area contributed by atoms with Crippen LogP contribution in [0.5, 0.6) is 0 Å². The number of aromatic nitrogens is 1. The minimum absolute atomic E-state index is 0.101. The lowest BCUT2D eigenvalue weighted by Gasteiger charge is -2.44. The van der Waals surface area contributed by atoms with Crippen molar-refractivity contribution in [2.75, 3.05) is 0 Å². The Morgan fingerprint density at radius 2 is 1.97 bits per heavy atom. The summed E-state index contributed by atoms with van der Waals surface area (Å²) in [6.45, 7) is 2.55. The Labute approximate surface area is 192 Å². The molecule has 1 aromatic carbocycles. The van der Waals surface area contributed by atoms with Crippen LogP contribution in [0.25, 0.3) is 11.1 Å². The minimum Gasteiger partial charge on any atom is -0.463 e. The van der Waals surface area contributed by atoms with Gasteiger partial charge in [0, 0.05) is 29.7 Å². The molecule has 1 saturated carbocycles. The van der Waals surface area contributed by atoms with E-state index < -0.39 is 5.54 Å². The van der Waals surface area contributed by atoms with Crippen LogP contribution in [0.15, 0.2) is 47.1 Å². The highest BCUT2D eigenvalue weighted by Gasteiger charge is 2.48. The van der Waals surface area contributed by atoms with Crippen LogP contribution < -0.4 is 5.32 Å². The summed E-state index contributed by atoms with van der Waals surface area (Å²) in [5.74, 6) is -0.281. The summed E-state index contributed by atoms with van der Waals surface area (Å²) in [7, 11) is 0. The molecule has 0 bridgehead atoms. The molecule has 168 valence electrons. The molecule has 32 heavy (non-hydrogen) atoms. The van der Waals surface area contributed by atoms with Gasteiger partial charge in [-0.1, -0.05) is 49.4 Å². The number of hydrogen-bond acceptors (Lipinski definition) is 3. The summed E-state index contributed by atoms with van der Waals surface area (Å²) >= 11 is 6.20. The lowest BCUT2D eigenvalue weighted by molar-refractivity contribution is -0.134. The Kier molecular flexibility index (Phi) is 5.49. The number of nitrogens with zero attached hydrogens (tertiary/aromatic N) is 2. The molecule has 1 unspecified atom stereocenters. The Hall–Kier alpha value is -2.73. The monoisotopic (exact) mass is 453 g/mol. The number of halogens is 1. The standard InChI is InChI=1S/C25H28ClN3O3/c1-25(24(31)27-19-9-4-2-3-5-10-19)16-28-20-11-12-32-22(20)14-21(28)23(30)29(25)15-17-7-6-8-18(26)13-17/h6-8,11-14,19H,2-5,9-10,15-16H2,1H3,(H,27,31). The topological polar surface area (TPSA) is 67.5 Å². The third-order valence-electron chi connectivity index (χ3n) is 6.96. The number of carbonyl (C=O) groups excluding carboxylic acids is 2. The molecule has 1 aliphatic carbocycles. The fraction of sp³-hybridized carbons (Fsp3) is 0.440. The molecule has 0 spiro atoms. The first-order chi connectivity index (χ1) is 15.5. The highest BCUT2D eigenvalue weighted by atomic mass is 35.5. The summed E-state index contributed by atoms with van der Waals surface area (Å²) in [4.78, 5) is 29.1. The summed E-state index contributed by atoms with van der Waals surface area (Å²) in [5.41, 5.74) is 1.89. The van der Waals surface area contributed by atoms with Crippen molar-refractivity contribution in [3.63, 3.8) is 0 Å². The second-order valence-corrected chi connectivity index (χ2v) is 9.68. The van der Waals surface area contributed by atoms with Gasteiger partial charge in [-0.05, 0) is 37.5 Å². The number of fused-ring (bicyclic) bond motifs is 3. The summed E-state index contributed by atoms with van der Waals surface area (Å²) in [6, 6.07) is 11.2. The smallest absolute Gasteiger partial charge is 0.271 e. The van der Waals surface area contributed by atoms with Gasteiger partial charge < -0.3 is 19.2 Å². The Morgan fingerprint density at radius 1 is 1.19 bits per heavy atom. The van der Waals surface area contributed by atoms with Crippen LogP contribution in [0.3, 0.4) is 0 Å². The Balaban J connectivity index is 1.52. The molecule has 1 N–H and O–H groups in total. The van der Waals surface area contributed by atoms with Gasteiger partial charge in [-0.25, -0.2) is 0 Å². The number of furan rings is 1. The third kappa shape index (κ3) is 3.71. The van der Waals surface area contributed by atoms with Crippen molar-refractivity contribution in [3.8, 4) is 0 Å². The maximum Gasteiger partial charge on any atom is 0.271 e. The predicted octanol–water partition coefficient (Wildman–Crippen LogP) is 5.14. The molecule has 2 amide bonds. The SMILES string of the molecule is CC1(C(=O)NC2CCCCCC2)Cn2c(cc3occc32)C(=O)N1Cc1cccc(Cl)c1. The normalized spacial score (nSPS) is 22.1. The summed E-state index contributed by atoms with van der Waals surface area (Å²) < 4.78 is 7.46.